The van der Waals surface area contributed by atoms with Gasteiger partial charge in [-0.05, 0) is 44.5 Å². The average molecular weight is 491 g/mol. The standard InChI is InChI=1S/C29H38N4O3/c1-21-17-33(22(2)20-34)29(35)26-14-24(12-11-23-8-5-4-6-9-23)16-31-28(26)36-27(21)19-32(3)18-25-10-7-13-30-15-25/h7,10,13-16,21-23,27,34H,4-6,8-9,17-20H2,1-3H3/t21-,22+,27-/m0/s1. The fourth-order valence-corrected chi connectivity index (χ4v) is 5.00. The second kappa shape index (κ2) is 12.3. The first-order valence-corrected chi connectivity index (χ1v) is 13.1. The first-order valence-electron chi connectivity index (χ1n) is 13.1. The SMILES string of the molecule is C[C@H](CO)N1C[C@H](C)[C@H](CN(C)Cc2cccnc2)Oc2ncc(C#CC3CCCCC3)cc2C1=O. The molecule has 4 rings (SSSR count). The van der Waals surface area contributed by atoms with Crippen LogP contribution in [0.15, 0.2) is 36.8 Å². The van der Waals surface area contributed by atoms with E-state index in [9.17, 15) is 9.90 Å². The van der Waals surface area contributed by atoms with Gasteiger partial charge in [0.1, 0.15) is 11.7 Å². The summed E-state index contributed by atoms with van der Waals surface area (Å²) in [6.45, 7) is 5.75. The summed E-state index contributed by atoms with van der Waals surface area (Å²) >= 11 is 0. The summed E-state index contributed by atoms with van der Waals surface area (Å²) in [7, 11) is 2.05. The number of carbonyl (C=O) groups is 1. The van der Waals surface area contributed by atoms with Gasteiger partial charge in [0, 0.05) is 55.6 Å². The van der Waals surface area contributed by atoms with Crippen LogP contribution in [0.3, 0.4) is 0 Å². The van der Waals surface area contributed by atoms with Crippen molar-refractivity contribution < 1.29 is 14.6 Å². The van der Waals surface area contributed by atoms with Crippen LogP contribution in [0.5, 0.6) is 5.88 Å². The monoisotopic (exact) mass is 490 g/mol. The topological polar surface area (TPSA) is 78.8 Å². The zero-order valence-electron chi connectivity index (χ0n) is 21.7. The second-order valence-corrected chi connectivity index (χ2v) is 10.4. The number of pyridine rings is 2. The van der Waals surface area contributed by atoms with Crippen LogP contribution in [0.25, 0.3) is 0 Å². The third-order valence-electron chi connectivity index (χ3n) is 7.21. The molecule has 0 saturated heterocycles. The Morgan fingerprint density at radius 3 is 2.81 bits per heavy atom. The van der Waals surface area contributed by atoms with Gasteiger partial charge >= 0.3 is 0 Å². The minimum Gasteiger partial charge on any atom is -0.472 e. The summed E-state index contributed by atoms with van der Waals surface area (Å²) in [6.07, 6.45) is 11.2. The zero-order chi connectivity index (χ0) is 25.5. The molecule has 192 valence electrons. The zero-order valence-corrected chi connectivity index (χ0v) is 21.7. The largest absolute Gasteiger partial charge is 0.472 e. The molecule has 0 radical (unpaired) electrons. The van der Waals surface area contributed by atoms with Crippen molar-refractivity contribution in [2.75, 3.05) is 26.7 Å². The Morgan fingerprint density at radius 2 is 2.08 bits per heavy atom. The molecule has 3 atom stereocenters. The second-order valence-electron chi connectivity index (χ2n) is 10.4. The molecule has 1 saturated carbocycles. The van der Waals surface area contributed by atoms with Crippen molar-refractivity contribution >= 4 is 5.91 Å². The van der Waals surface area contributed by atoms with Crippen LogP contribution in [0.2, 0.25) is 0 Å². The number of aromatic nitrogens is 2. The molecule has 1 amide bonds. The van der Waals surface area contributed by atoms with Crippen molar-refractivity contribution in [3.05, 3.63) is 53.5 Å². The Bertz CT molecular complexity index is 1070. The van der Waals surface area contributed by atoms with Crippen LogP contribution in [0.4, 0.5) is 0 Å². The van der Waals surface area contributed by atoms with E-state index in [4.69, 9.17) is 4.74 Å². The summed E-state index contributed by atoms with van der Waals surface area (Å²) in [4.78, 5) is 26.3. The van der Waals surface area contributed by atoms with Crippen LogP contribution in [0.1, 0.15) is 67.4 Å². The molecule has 1 fully saturated rings. The fourth-order valence-electron chi connectivity index (χ4n) is 5.00. The molecule has 7 nitrogen and oxygen atoms in total. The van der Waals surface area contributed by atoms with Gasteiger partial charge < -0.3 is 14.7 Å². The Balaban J connectivity index is 1.59. The van der Waals surface area contributed by atoms with Gasteiger partial charge in [-0.3, -0.25) is 14.7 Å². The van der Waals surface area contributed by atoms with Crippen LogP contribution < -0.4 is 4.74 Å². The number of aliphatic hydroxyl groups excluding tert-OH is 1. The van der Waals surface area contributed by atoms with E-state index in [-0.39, 0.29) is 30.6 Å². The Kier molecular flexibility index (Phi) is 8.95. The van der Waals surface area contributed by atoms with E-state index in [2.05, 4.69) is 46.7 Å². The van der Waals surface area contributed by atoms with Gasteiger partial charge in [0.2, 0.25) is 5.88 Å². The van der Waals surface area contributed by atoms with Crippen LogP contribution >= 0.6 is 0 Å². The van der Waals surface area contributed by atoms with Crippen molar-refractivity contribution in [1.29, 1.82) is 0 Å². The summed E-state index contributed by atoms with van der Waals surface area (Å²) in [5, 5.41) is 9.88. The number of ether oxygens (including phenoxy) is 1. The molecular weight excluding hydrogens is 452 g/mol. The molecule has 3 heterocycles. The maximum Gasteiger partial charge on any atom is 0.259 e. The third-order valence-corrected chi connectivity index (χ3v) is 7.21. The van der Waals surface area contributed by atoms with Gasteiger partial charge in [-0.25, -0.2) is 4.98 Å². The molecule has 0 unspecified atom stereocenters. The highest BCUT2D eigenvalue weighted by molar-refractivity contribution is 5.97. The molecule has 1 N–H and O–H groups in total. The summed E-state index contributed by atoms with van der Waals surface area (Å²) in [5.41, 5.74) is 2.27. The first-order chi connectivity index (χ1) is 17.4. The van der Waals surface area contributed by atoms with E-state index in [1.807, 2.05) is 25.3 Å². The number of nitrogens with zero attached hydrogens (tertiary/aromatic N) is 4. The van der Waals surface area contributed by atoms with E-state index in [1.54, 1.807) is 17.3 Å². The van der Waals surface area contributed by atoms with Crippen molar-refractivity contribution in [1.82, 2.24) is 19.8 Å². The number of fused-ring (bicyclic) bond motifs is 1. The van der Waals surface area contributed by atoms with Crippen molar-refractivity contribution in [3.8, 4) is 17.7 Å². The lowest BCUT2D eigenvalue weighted by atomic mass is 9.90. The summed E-state index contributed by atoms with van der Waals surface area (Å²) in [6, 6.07) is 5.50. The number of hydrogen-bond donors (Lipinski definition) is 1. The predicted octanol–water partition coefficient (Wildman–Crippen LogP) is 3.76. The minimum atomic E-state index is -0.309. The van der Waals surface area contributed by atoms with Crippen molar-refractivity contribution in [3.63, 3.8) is 0 Å². The lowest BCUT2D eigenvalue weighted by molar-refractivity contribution is 0.0325. The highest BCUT2D eigenvalue weighted by Crippen LogP contribution is 2.28. The molecule has 1 aliphatic heterocycles. The highest BCUT2D eigenvalue weighted by Gasteiger charge is 2.34. The van der Waals surface area contributed by atoms with Crippen LogP contribution in [-0.4, -0.2) is 69.7 Å². The molecular formula is C29H38N4O3. The van der Waals surface area contributed by atoms with Gasteiger partial charge in [-0.15, -0.1) is 0 Å². The Hall–Kier alpha value is -2.95. The number of amides is 1. The molecule has 2 aromatic heterocycles. The Labute approximate surface area is 214 Å². The van der Waals surface area contributed by atoms with Gasteiger partial charge in [0.25, 0.3) is 5.91 Å². The quantitative estimate of drug-likeness (QED) is 0.622. The number of carbonyl (C=O) groups excluding carboxylic acids is 1. The Morgan fingerprint density at radius 1 is 1.28 bits per heavy atom. The maximum absolute atomic E-state index is 13.6. The van der Waals surface area contributed by atoms with E-state index in [0.29, 0.717) is 30.5 Å². The molecule has 0 aromatic carbocycles. The summed E-state index contributed by atoms with van der Waals surface area (Å²) < 4.78 is 6.41. The van der Waals surface area contributed by atoms with Gasteiger partial charge in [-0.2, -0.15) is 0 Å². The van der Waals surface area contributed by atoms with Crippen LogP contribution in [-0.2, 0) is 6.54 Å². The first kappa shape index (κ1) is 26.1. The van der Waals surface area contributed by atoms with Crippen molar-refractivity contribution in [2.24, 2.45) is 11.8 Å². The number of aliphatic hydroxyl groups is 1. The number of likely N-dealkylation sites (N-methyl/N-ethyl adjacent to an activating group) is 1. The summed E-state index contributed by atoms with van der Waals surface area (Å²) in [5.74, 6) is 7.27. The van der Waals surface area contributed by atoms with Gasteiger partial charge in [-0.1, -0.05) is 44.1 Å². The minimum absolute atomic E-state index is 0.0417. The van der Waals surface area contributed by atoms with Crippen LogP contribution in [0, 0.1) is 23.7 Å². The van der Waals surface area contributed by atoms with E-state index in [1.165, 1.54) is 19.3 Å². The molecule has 0 spiro atoms. The average Bonchev–Trinajstić information content (AvgIpc) is 2.90. The lowest BCUT2D eigenvalue weighted by Gasteiger charge is -2.37. The number of rotatable bonds is 6. The molecule has 2 aromatic rings. The van der Waals surface area contributed by atoms with E-state index in [0.717, 1.165) is 30.5 Å². The predicted molar refractivity (Wildman–Crippen MR) is 139 cm³/mol. The lowest BCUT2D eigenvalue weighted by Crippen LogP contribution is -2.49. The molecule has 7 heteroatoms. The van der Waals surface area contributed by atoms with Crippen molar-refractivity contribution in [2.45, 2.75) is 64.6 Å². The molecule has 2 aliphatic rings. The van der Waals surface area contributed by atoms with E-state index < -0.39 is 0 Å². The molecule has 36 heavy (non-hydrogen) atoms. The van der Waals surface area contributed by atoms with Gasteiger partial charge in [0.15, 0.2) is 0 Å². The fraction of sp³-hybridized carbons (Fsp3) is 0.552. The smallest absolute Gasteiger partial charge is 0.259 e. The molecule has 1 aliphatic carbocycles. The maximum atomic E-state index is 13.6. The normalized spacial score (nSPS) is 21.6. The number of hydrogen-bond acceptors (Lipinski definition) is 6. The van der Waals surface area contributed by atoms with Gasteiger partial charge in [0.05, 0.1) is 12.6 Å². The molecule has 0 bridgehead atoms. The van der Waals surface area contributed by atoms with E-state index >= 15 is 0 Å². The highest BCUT2D eigenvalue weighted by atomic mass is 16.5. The third kappa shape index (κ3) is 6.63.